The van der Waals surface area contributed by atoms with Gasteiger partial charge in [0, 0.05) is 13.5 Å². The largest absolute Gasteiger partial charge is 0.480 e. The fraction of sp³-hybridized carbons (Fsp3) is 0.833. The van der Waals surface area contributed by atoms with Crippen LogP contribution in [0.5, 0.6) is 0 Å². The molecule has 0 bridgehead atoms. The molecule has 0 heterocycles. The first-order valence-electron chi connectivity index (χ1n) is 6.12. The van der Waals surface area contributed by atoms with Gasteiger partial charge in [0.15, 0.2) is 0 Å². The topological polar surface area (TPSA) is 83.6 Å². The van der Waals surface area contributed by atoms with Crippen molar-refractivity contribution in [3.05, 3.63) is 0 Å². The third kappa shape index (κ3) is 5.68. The molecule has 0 aliphatic carbocycles. The summed E-state index contributed by atoms with van der Waals surface area (Å²) in [4.78, 5) is 23.8. The molecule has 0 rings (SSSR count). The molecule has 1 amide bonds. The van der Waals surface area contributed by atoms with E-state index in [4.69, 9.17) is 10.8 Å². The SMILES string of the molecule is CCC(CCN)CCC(=O)N(C)C(C)C(=O)O. The van der Waals surface area contributed by atoms with E-state index >= 15 is 0 Å². The summed E-state index contributed by atoms with van der Waals surface area (Å²) in [5.74, 6) is -0.636. The minimum absolute atomic E-state index is 0.115. The fourth-order valence-electron chi connectivity index (χ4n) is 1.67. The minimum atomic E-state index is -0.977. The van der Waals surface area contributed by atoms with Crippen LogP contribution in [-0.4, -0.2) is 41.5 Å². The Kier molecular flexibility index (Phi) is 7.54. The number of aliphatic carboxylic acids is 1. The molecule has 0 radical (unpaired) electrons. The second-order valence-electron chi connectivity index (χ2n) is 4.41. The van der Waals surface area contributed by atoms with Crippen molar-refractivity contribution >= 4 is 11.9 Å². The van der Waals surface area contributed by atoms with Gasteiger partial charge in [0.25, 0.3) is 0 Å². The van der Waals surface area contributed by atoms with Crippen LogP contribution in [0.25, 0.3) is 0 Å². The number of nitrogens with two attached hydrogens (primary N) is 1. The molecule has 0 aromatic rings. The normalized spacial score (nSPS) is 14.1. The Bertz CT molecular complexity index is 256. The van der Waals surface area contributed by atoms with Gasteiger partial charge < -0.3 is 15.7 Å². The number of hydrogen-bond acceptors (Lipinski definition) is 3. The lowest BCUT2D eigenvalue weighted by atomic mass is 9.96. The van der Waals surface area contributed by atoms with Crippen LogP contribution in [-0.2, 0) is 9.59 Å². The number of carboxylic acids is 1. The lowest BCUT2D eigenvalue weighted by molar-refractivity contribution is -0.148. The molecule has 0 saturated heterocycles. The zero-order valence-corrected chi connectivity index (χ0v) is 11.0. The summed E-state index contributed by atoms with van der Waals surface area (Å²) in [5.41, 5.74) is 5.49. The van der Waals surface area contributed by atoms with E-state index in [9.17, 15) is 9.59 Å². The fourth-order valence-corrected chi connectivity index (χ4v) is 1.67. The summed E-state index contributed by atoms with van der Waals surface area (Å²) in [5, 5.41) is 8.80. The summed E-state index contributed by atoms with van der Waals surface area (Å²) in [7, 11) is 1.53. The van der Waals surface area contributed by atoms with Crippen molar-refractivity contribution < 1.29 is 14.7 Å². The van der Waals surface area contributed by atoms with E-state index in [1.807, 2.05) is 0 Å². The Labute approximate surface area is 103 Å². The summed E-state index contributed by atoms with van der Waals surface area (Å²) in [6.45, 7) is 4.22. The second kappa shape index (κ2) is 8.06. The van der Waals surface area contributed by atoms with Gasteiger partial charge in [-0.1, -0.05) is 13.3 Å². The molecular formula is C12H24N2O3. The van der Waals surface area contributed by atoms with Gasteiger partial charge in [-0.3, -0.25) is 4.79 Å². The predicted molar refractivity (Wildman–Crippen MR) is 66.6 cm³/mol. The molecule has 5 nitrogen and oxygen atoms in total. The number of nitrogens with zero attached hydrogens (tertiary/aromatic N) is 1. The lowest BCUT2D eigenvalue weighted by Gasteiger charge is -2.22. The molecule has 3 N–H and O–H groups in total. The van der Waals surface area contributed by atoms with E-state index in [0.29, 0.717) is 18.9 Å². The average molecular weight is 244 g/mol. The van der Waals surface area contributed by atoms with Gasteiger partial charge in [0.05, 0.1) is 0 Å². The first kappa shape index (κ1) is 15.9. The van der Waals surface area contributed by atoms with Crippen molar-refractivity contribution in [3.8, 4) is 0 Å². The molecule has 0 aromatic carbocycles. The summed E-state index contributed by atoms with van der Waals surface area (Å²) >= 11 is 0. The van der Waals surface area contributed by atoms with Gasteiger partial charge >= 0.3 is 5.97 Å². The van der Waals surface area contributed by atoms with Crippen LogP contribution < -0.4 is 5.73 Å². The molecular weight excluding hydrogens is 220 g/mol. The molecule has 5 heteroatoms. The van der Waals surface area contributed by atoms with Crippen molar-refractivity contribution in [2.45, 2.75) is 45.6 Å². The molecule has 0 aliphatic heterocycles. The zero-order valence-electron chi connectivity index (χ0n) is 11.0. The number of carbonyl (C=O) groups excluding carboxylic acids is 1. The lowest BCUT2D eigenvalue weighted by Crippen LogP contribution is -2.40. The van der Waals surface area contributed by atoms with Crippen LogP contribution in [0.1, 0.15) is 39.5 Å². The Morgan fingerprint density at radius 3 is 2.35 bits per heavy atom. The van der Waals surface area contributed by atoms with E-state index in [1.165, 1.54) is 18.9 Å². The highest BCUT2D eigenvalue weighted by Gasteiger charge is 2.21. The number of carboxylic acid groups (broad SMARTS) is 1. The van der Waals surface area contributed by atoms with Crippen LogP contribution in [0.4, 0.5) is 0 Å². The number of likely N-dealkylation sites (N-methyl/N-ethyl adjacent to an activating group) is 1. The maximum absolute atomic E-state index is 11.7. The first-order valence-corrected chi connectivity index (χ1v) is 6.12. The zero-order chi connectivity index (χ0) is 13.4. The molecule has 2 atom stereocenters. The highest BCUT2D eigenvalue weighted by Crippen LogP contribution is 2.15. The van der Waals surface area contributed by atoms with Crippen molar-refractivity contribution in [2.75, 3.05) is 13.6 Å². The predicted octanol–water partition coefficient (Wildman–Crippen LogP) is 1.07. The summed E-state index contributed by atoms with van der Waals surface area (Å²) in [6, 6.07) is -0.767. The van der Waals surface area contributed by atoms with E-state index in [1.54, 1.807) is 0 Å². The molecule has 17 heavy (non-hydrogen) atoms. The number of hydrogen-bond donors (Lipinski definition) is 2. The smallest absolute Gasteiger partial charge is 0.326 e. The quantitative estimate of drug-likeness (QED) is 0.669. The summed E-state index contributed by atoms with van der Waals surface area (Å²) in [6.07, 6.45) is 3.10. The van der Waals surface area contributed by atoms with Crippen LogP contribution in [0, 0.1) is 5.92 Å². The van der Waals surface area contributed by atoms with Gasteiger partial charge in [-0.2, -0.15) is 0 Å². The van der Waals surface area contributed by atoms with Crippen molar-refractivity contribution in [1.82, 2.24) is 4.90 Å². The monoisotopic (exact) mass is 244 g/mol. The highest BCUT2D eigenvalue weighted by molar-refractivity contribution is 5.83. The molecule has 100 valence electrons. The average Bonchev–Trinajstić information content (AvgIpc) is 2.31. The van der Waals surface area contributed by atoms with Crippen molar-refractivity contribution in [2.24, 2.45) is 11.7 Å². The second-order valence-corrected chi connectivity index (χ2v) is 4.41. The van der Waals surface area contributed by atoms with Gasteiger partial charge in [-0.25, -0.2) is 4.79 Å². The maximum Gasteiger partial charge on any atom is 0.326 e. The Hall–Kier alpha value is -1.10. The van der Waals surface area contributed by atoms with Crippen LogP contribution in [0.2, 0.25) is 0 Å². The van der Waals surface area contributed by atoms with Crippen molar-refractivity contribution in [1.29, 1.82) is 0 Å². The van der Waals surface area contributed by atoms with Gasteiger partial charge in [-0.05, 0) is 32.2 Å². The van der Waals surface area contributed by atoms with Gasteiger partial charge in [0.1, 0.15) is 6.04 Å². The third-order valence-electron chi connectivity index (χ3n) is 3.25. The molecule has 0 aromatic heterocycles. The first-order chi connectivity index (χ1) is 7.93. The number of amides is 1. The summed E-state index contributed by atoms with van der Waals surface area (Å²) < 4.78 is 0. The van der Waals surface area contributed by atoms with E-state index in [0.717, 1.165) is 19.3 Å². The standard InChI is InChI=1S/C12H24N2O3/c1-4-10(7-8-13)5-6-11(15)14(3)9(2)12(16)17/h9-10H,4-8,13H2,1-3H3,(H,16,17). The Balaban J connectivity index is 4.12. The van der Waals surface area contributed by atoms with E-state index in [2.05, 4.69) is 6.92 Å². The Morgan fingerprint density at radius 1 is 1.35 bits per heavy atom. The van der Waals surface area contributed by atoms with E-state index < -0.39 is 12.0 Å². The van der Waals surface area contributed by atoms with Crippen molar-refractivity contribution in [3.63, 3.8) is 0 Å². The van der Waals surface area contributed by atoms with Crippen LogP contribution in [0.3, 0.4) is 0 Å². The molecule has 0 fully saturated rings. The van der Waals surface area contributed by atoms with E-state index in [-0.39, 0.29) is 5.91 Å². The van der Waals surface area contributed by atoms with Crippen LogP contribution >= 0.6 is 0 Å². The minimum Gasteiger partial charge on any atom is -0.480 e. The van der Waals surface area contributed by atoms with Gasteiger partial charge in [0.2, 0.25) is 5.91 Å². The maximum atomic E-state index is 11.7. The Morgan fingerprint density at radius 2 is 1.94 bits per heavy atom. The number of rotatable bonds is 8. The highest BCUT2D eigenvalue weighted by atomic mass is 16.4. The van der Waals surface area contributed by atoms with Gasteiger partial charge in [-0.15, -0.1) is 0 Å². The van der Waals surface area contributed by atoms with Crippen LogP contribution in [0.15, 0.2) is 0 Å². The number of carbonyl (C=O) groups is 2. The molecule has 2 unspecified atom stereocenters. The molecule has 0 spiro atoms. The molecule has 0 aliphatic rings. The third-order valence-corrected chi connectivity index (χ3v) is 3.25. The molecule has 0 saturated carbocycles.